The molecule has 2 aromatic carbocycles. The first-order valence-corrected chi connectivity index (χ1v) is 10.9. The fraction of sp³-hybridized carbons (Fsp3) is 0.269. The SMILES string of the molecule is CN(C)[C@H]1CCN(C(=O)c2ccc(-c3cnc(N)c(COc4ccccc4C#N)c3)cc2)C1. The highest BCUT2D eigenvalue weighted by atomic mass is 16.5. The van der Waals surface area contributed by atoms with Gasteiger partial charge in [0.25, 0.3) is 5.91 Å². The molecule has 1 aliphatic rings. The molecule has 7 heteroatoms. The molecule has 0 radical (unpaired) electrons. The summed E-state index contributed by atoms with van der Waals surface area (Å²) in [5.41, 5.74) is 9.75. The predicted molar refractivity (Wildman–Crippen MR) is 128 cm³/mol. The Kier molecular flexibility index (Phi) is 6.57. The summed E-state index contributed by atoms with van der Waals surface area (Å²) >= 11 is 0. The number of likely N-dealkylation sites (tertiary alicyclic amines) is 1. The number of likely N-dealkylation sites (N-methyl/N-ethyl adjacent to an activating group) is 1. The van der Waals surface area contributed by atoms with E-state index < -0.39 is 0 Å². The van der Waals surface area contributed by atoms with E-state index in [0.29, 0.717) is 28.7 Å². The summed E-state index contributed by atoms with van der Waals surface area (Å²) in [7, 11) is 4.10. The topological polar surface area (TPSA) is 95.5 Å². The molecule has 2 heterocycles. The van der Waals surface area contributed by atoms with E-state index in [-0.39, 0.29) is 12.5 Å². The van der Waals surface area contributed by atoms with Crippen molar-refractivity contribution in [3.05, 3.63) is 77.5 Å². The van der Waals surface area contributed by atoms with Crippen LogP contribution in [0.1, 0.15) is 27.9 Å². The van der Waals surface area contributed by atoms with E-state index in [9.17, 15) is 10.1 Å². The van der Waals surface area contributed by atoms with E-state index in [2.05, 4.69) is 30.0 Å². The Morgan fingerprint density at radius 3 is 2.67 bits per heavy atom. The monoisotopic (exact) mass is 441 g/mol. The van der Waals surface area contributed by atoms with Crippen LogP contribution in [0.25, 0.3) is 11.1 Å². The van der Waals surface area contributed by atoms with Gasteiger partial charge in [0.15, 0.2) is 0 Å². The number of aromatic nitrogens is 1. The zero-order valence-electron chi connectivity index (χ0n) is 18.9. The summed E-state index contributed by atoms with van der Waals surface area (Å²) in [6, 6.07) is 19.1. The molecule has 1 saturated heterocycles. The van der Waals surface area contributed by atoms with Crippen molar-refractivity contribution in [2.45, 2.75) is 19.1 Å². The lowest BCUT2D eigenvalue weighted by Crippen LogP contribution is -2.34. The van der Waals surface area contributed by atoms with Crippen molar-refractivity contribution in [1.29, 1.82) is 5.26 Å². The van der Waals surface area contributed by atoms with Crippen molar-refractivity contribution >= 4 is 11.7 Å². The number of amides is 1. The molecule has 3 aromatic rings. The molecule has 0 aliphatic carbocycles. The number of anilines is 1. The molecular weight excluding hydrogens is 414 g/mol. The minimum Gasteiger partial charge on any atom is -0.487 e. The number of nitrogen functional groups attached to an aromatic ring is 1. The number of nitrogens with zero attached hydrogens (tertiary/aromatic N) is 4. The van der Waals surface area contributed by atoms with Gasteiger partial charge in [0.1, 0.15) is 24.2 Å². The zero-order chi connectivity index (χ0) is 23.4. The molecule has 0 spiro atoms. The lowest BCUT2D eigenvalue weighted by molar-refractivity contribution is 0.0783. The number of carbonyl (C=O) groups excluding carboxylic acids is 1. The van der Waals surface area contributed by atoms with Gasteiger partial charge in [-0.25, -0.2) is 4.98 Å². The normalized spacial score (nSPS) is 15.5. The van der Waals surface area contributed by atoms with Crippen LogP contribution < -0.4 is 10.5 Å². The van der Waals surface area contributed by atoms with E-state index in [1.807, 2.05) is 41.3 Å². The highest BCUT2D eigenvalue weighted by molar-refractivity contribution is 5.95. The third-order valence-corrected chi connectivity index (χ3v) is 6.04. The van der Waals surface area contributed by atoms with Crippen LogP contribution in [0.2, 0.25) is 0 Å². The van der Waals surface area contributed by atoms with Gasteiger partial charge in [-0.15, -0.1) is 0 Å². The van der Waals surface area contributed by atoms with Gasteiger partial charge in [0.05, 0.1) is 5.56 Å². The summed E-state index contributed by atoms with van der Waals surface area (Å²) < 4.78 is 5.82. The highest BCUT2D eigenvalue weighted by Crippen LogP contribution is 2.25. The van der Waals surface area contributed by atoms with Crippen LogP contribution in [0.4, 0.5) is 5.82 Å². The van der Waals surface area contributed by atoms with E-state index in [1.54, 1.807) is 24.4 Å². The Morgan fingerprint density at radius 1 is 1.21 bits per heavy atom. The van der Waals surface area contributed by atoms with Crippen LogP contribution in [0.3, 0.4) is 0 Å². The molecular formula is C26H27N5O2. The van der Waals surface area contributed by atoms with Crippen LogP contribution in [-0.4, -0.2) is 53.9 Å². The molecule has 1 fully saturated rings. The maximum atomic E-state index is 12.9. The smallest absolute Gasteiger partial charge is 0.253 e. The molecule has 0 unspecified atom stereocenters. The van der Waals surface area contributed by atoms with E-state index in [0.717, 1.165) is 36.2 Å². The van der Waals surface area contributed by atoms with Crippen LogP contribution in [0.15, 0.2) is 60.8 Å². The number of para-hydroxylation sites is 1. The number of hydrogen-bond donors (Lipinski definition) is 1. The lowest BCUT2D eigenvalue weighted by atomic mass is 10.0. The average molecular weight is 442 g/mol. The molecule has 1 aliphatic heterocycles. The predicted octanol–water partition coefficient (Wildman–Crippen LogP) is 3.56. The van der Waals surface area contributed by atoms with Gasteiger partial charge in [0.2, 0.25) is 0 Å². The number of nitriles is 1. The van der Waals surface area contributed by atoms with Gasteiger partial charge >= 0.3 is 0 Å². The minimum atomic E-state index is 0.0616. The van der Waals surface area contributed by atoms with Gasteiger partial charge in [-0.3, -0.25) is 4.79 Å². The molecule has 2 N–H and O–H groups in total. The van der Waals surface area contributed by atoms with Crippen molar-refractivity contribution < 1.29 is 9.53 Å². The summed E-state index contributed by atoms with van der Waals surface area (Å²) in [4.78, 5) is 21.3. The lowest BCUT2D eigenvalue weighted by Gasteiger charge is -2.20. The molecule has 0 bridgehead atoms. The maximum Gasteiger partial charge on any atom is 0.253 e. The number of hydrogen-bond acceptors (Lipinski definition) is 6. The molecule has 1 aromatic heterocycles. The second-order valence-corrected chi connectivity index (χ2v) is 8.40. The van der Waals surface area contributed by atoms with Crippen LogP contribution >= 0.6 is 0 Å². The Labute approximate surface area is 194 Å². The molecule has 1 atom stereocenters. The average Bonchev–Trinajstić information content (AvgIpc) is 3.34. The van der Waals surface area contributed by atoms with Crippen LogP contribution in [0, 0.1) is 11.3 Å². The molecule has 0 saturated carbocycles. The second kappa shape index (κ2) is 9.72. The summed E-state index contributed by atoms with van der Waals surface area (Å²) in [6.45, 7) is 1.74. The molecule has 168 valence electrons. The largest absolute Gasteiger partial charge is 0.487 e. The fourth-order valence-corrected chi connectivity index (χ4v) is 3.97. The Bertz CT molecular complexity index is 1180. The molecule has 33 heavy (non-hydrogen) atoms. The van der Waals surface area contributed by atoms with Gasteiger partial charge in [-0.05, 0) is 56.4 Å². The Hall–Kier alpha value is -3.89. The van der Waals surface area contributed by atoms with Crippen molar-refractivity contribution in [3.63, 3.8) is 0 Å². The zero-order valence-corrected chi connectivity index (χ0v) is 18.9. The number of benzene rings is 2. The highest BCUT2D eigenvalue weighted by Gasteiger charge is 2.28. The Balaban J connectivity index is 1.47. The van der Waals surface area contributed by atoms with Gasteiger partial charge in [-0.2, -0.15) is 5.26 Å². The van der Waals surface area contributed by atoms with E-state index in [1.165, 1.54) is 0 Å². The quantitative estimate of drug-likeness (QED) is 0.628. The van der Waals surface area contributed by atoms with E-state index >= 15 is 0 Å². The molecule has 7 nitrogen and oxygen atoms in total. The number of pyridine rings is 1. The first-order valence-electron chi connectivity index (χ1n) is 10.9. The van der Waals surface area contributed by atoms with Crippen LogP contribution in [-0.2, 0) is 6.61 Å². The number of rotatable bonds is 6. The van der Waals surface area contributed by atoms with Crippen molar-refractivity contribution in [2.75, 3.05) is 32.9 Å². The first kappa shape index (κ1) is 22.3. The maximum absolute atomic E-state index is 12.9. The number of nitrogens with two attached hydrogens (primary N) is 1. The van der Waals surface area contributed by atoms with Crippen molar-refractivity contribution in [1.82, 2.24) is 14.8 Å². The standard InChI is InChI=1S/C26H27N5O2/c1-30(2)23-11-12-31(16-23)26(32)19-9-7-18(8-10-19)21-13-22(25(28)29-15-21)17-33-24-6-4-3-5-20(24)14-27/h3-10,13,15,23H,11-12,16-17H2,1-2H3,(H2,28,29)/t23-/m0/s1. The van der Waals surface area contributed by atoms with Gasteiger partial charge in [-0.1, -0.05) is 24.3 Å². The summed E-state index contributed by atoms with van der Waals surface area (Å²) in [5, 5.41) is 9.23. The third-order valence-electron chi connectivity index (χ3n) is 6.04. The summed E-state index contributed by atoms with van der Waals surface area (Å²) in [5.74, 6) is 0.946. The number of ether oxygens (including phenoxy) is 1. The van der Waals surface area contributed by atoms with Crippen molar-refractivity contribution in [2.24, 2.45) is 0 Å². The fourth-order valence-electron chi connectivity index (χ4n) is 3.97. The van der Waals surface area contributed by atoms with Crippen molar-refractivity contribution in [3.8, 4) is 22.9 Å². The summed E-state index contributed by atoms with van der Waals surface area (Å²) in [6.07, 6.45) is 2.71. The molecule has 1 amide bonds. The Morgan fingerprint density at radius 2 is 1.97 bits per heavy atom. The second-order valence-electron chi connectivity index (χ2n) is 8.40. The third kappa shape index (κ3) is 4.97. The first-order chi connectivity index (χ1) is 16.0. The molecule has 4 rings (SSSR count). The van der Waals surface area contributed by atoms with Gasteiger partial charge < -0.3 is 20.3 Å². The number of carbonyl (C=O) groups is 1. The van der Waals surface area contributed by atoms with E-state index in [4.69, 9.17) is 10.5 Å². The minimum absolute atomic E-state index is 0.0616. The van der Waals surface area contributed by atoms with Crippen LogP contribution in [0.5, 0.6) is 5.75 Å². The van der Waals surface area contributed by atoms with Gasteiger partial charge in [0, 0.05) is 42.0 Å².